The lowest BCUT2D eigenvalue weighted by atomic mass is 10.3. The molecule has 0 atom stereocenters. The number of ether oxygens (including phenoxy) is 1. The largest absolute Gasteiger partial charge is 0.497 e. The number of benzene rings is 1. The molecule has 138 valence electrons. The van der Waals surface area contributed by atoms with E-state index in [4.69, 9.17) is 4.74 Å². The van der Waals surface area contributed by atoms with E-state index in [9.17, 15) is 14.4 Å². The van der Waals surface area contributed by atoms with Crippen molar-refractivity contribution in [2.45, 2.75) is 19.9 Å². The Labute approximate surface area is 152 Å². The van der Waals surface area contributed by atoms with Crippen molar-refractivity contribution in [1.29, 1.82) is 0 Å². The highest BCUT2D eigenvalue weighted by Crippen LogP contribution is 2.15. The first-order valence-corrected chi connectivity index (χ1v) is 9.02. The fourth-order valence-electron chi connectivity index (χ4n) is 1.88. The van der Waals surface area contributed by atoms with E-state index >= 15 is 0 Å². The number of nitrogens with zero attached hydrogens (tertiary/aromatic N) is 1. The van der Waals surface area contributed by atoms with Crippen LogP contribution >= 0.6 is 11.8 Å². The Kier molecular flexibility index (Phi) is 8.83. The summed E-state index contributed by atoms with van der Waals surface area (Å²) in [5.41, 5.74) is 0.667. The second-order valence-electron chi connectivity index (χ2n) is 5.74. The van der Waals surface area contributed by atoms with Crippen LogP contribution < -0.4 is 15.4 Å². The molecule has 0 aliphatic rings. The number of nitrogens with one attached hydrogen (secondary N) is 2. The standard InChI is InChI=1S/C17H25N3O4S/c1-12(2)18-15(21)9-20(3)17(23)11-25-10-16(22)19-13-5-7-14(24-4)8-6-13/h5-8,12H,9-11H2,1-4H3,(H,18,21)(H,19,22). The summed E-state index contributed by atoms with van der Waals surface area (Å²) in [5.74, 6) is 0.422. The molecule has 0 aliphatic carbocycles. The highest BCUT2D eigenvalue weighted by Gasteiger charge is 2.14. The monoisotopic (exact) mass is 367 g/mol. The van der Waals surface area contributed by atoms with Gasteiger partial charge >= 0.3 is 0 Å². The second-order valence-corrected chi connectivity index (χ2v) is 6.73. The first kappa shape index (κ1) is 20.8. The zero-order valence-electron chi connectivity index (χ0n) is 15.0. The van der Waals surface area contributed by atoms with Gasteiger partial charge in [-0.3, -0.25) is 14.4 Å². The molecule has 0 radical (unpaired) electrons. The van der Waals surface area contributed by atoms with Crippen LogP contribution in [0.2, 0.25) is 0 Å². The van der Waals surface area contributed by atoms with E-state index in [2.05, 4.69) is 10.6 Å². The van der Waals surface area contributed by atoms with E-state index in [-0.39, 0.29) is 41.8 Å². The average molecular weight is 367 g/mol. The van der Waals surface area contributed by atoms with Crippen LogP contribution in [0.5, 0.6) is 5.75 Å². The number of hydrogen-bond donors (Lipinski definition) is 2. The van der Waals surface area contributed by atoms with Crippen molar-refractivity contribution < 1.29 is 19.1 Å². The van der Waals surface area contributed by atoms with Gasteiger partial charge in [-0.15, -0.1) is 11.8 Å². The predicted molar refractivity (Wildman–Crippen MR) is 99.9 cm³/mol. The predicted octanol–water partition coefficient (Wildman–Crippen LogP) is 1.35. The third kappa shape index (κ3) is 8.44. The Bertz CT molecular complexity index is 590. The molecule has 1 aromatic rings. The van der Waals surface area contributed by atoms with Gasteiger partial charge in [0, 0.05) is 18.8 Å². The molecule has 0 bridgehead atoms. The molecule has 7 nitrogen and oxygen atoms in total. The number of amides is 3. The highest BCUT2D eigenvalue weighted by molar-refractivity contribution is 8.00. The molecule has 0 saturated heterocycles. The van der Waals surface area contributed by atoms with Crippen LogP contribution in [0.25, 0.3) is 0 Å². The fraction of sp³-hybridized carbons (Fsp3) is 0.471. The van der Waals surface area contributed by atoms with Gasteiger partial charge in [0.25, 0.3) is 0 Å². The van der Waals surface area contributed by atoms with Crippen LogP contribution in [-0.2, 0) is 14.4 Å². The van der Waals surface area contributed by atoms with E-state index in [0.29, 0.717) is 11.4 Å². The Hall–Kier alpha value is -2.22. The van der Waals surface area contributed by atoms with E-state index in [1.165, 1.54) is 16.7 Å². The number of methoxy groups -OCH3 is 1. The lowest BCUT2D eigenvalue weighted by Crippen LogP contribution is -2.41. The average Bonchev–Trinajstić information content (AvgIpc) is 2.54. The molecular weight excluding hydrogens is 342 g/mol. The highest BCUT2D eigenvalue weighted by atomic mass is 32.2. The molecule has 0 fully saturated rings. The van der Waals surface area contributed by atoms with Gasteiger partial charge in [-0.2, -0.15) is 0 Å². The molecule has 25 heavy (non-hydrogen) atoms. The molecule has 0 unspecified atom stereocenters. The SMILES string of the molecule is COc1ccc(NC(=O)CSCC(=O)N(C)CC(=O)NC(C)C)cc1. The molecule has 1 rings (SSSR count). The summed E-state index contributed by atoms with van der Waals surface area (Å²) >= 11 is 1.21. The Balaban J connectivity index is 2.29. The van der Waals surface area contributed by atoms with Gasteiger partial charge in [0.1, 0.15) is 5.75 Å². The van der Waals surface area contributed by atoms with Crippen molar-refractivity contribution in [3.05, 3.63) is 24.3 Å². The Morgan fingerprint density at radius 3 is 2.32 bits per heavy atom. The van der Waals surface area contributed by atoms with E-state index < -0.39 is 0 Å². The number of carbonyl (C=O) groups excluding carboxylic acids is 3. The lowest BCUT2D eigenvalue weighted by molar-refractivity contribution is -0.132. The summed E-state index contributed by atoms with van der Waals surface area (Å²) in [7, 11) is 3.14. The van der Waals surface area contributed by atoms with Crippen molar-refractivity contribution in [3.63, 3.8) is 0 Å². The Morgan fingerprint density at radius 1 is 1.12 bits per heavy atom. The molecule has 0 saturated carbocycles. The van der Waals surface area contributed by atoms with Crippen molar-refractivity contribution >= 4 is 35.2 Å². The van der Waals surface area contributed by atoms with Crippen molar-refractivity contribution in [1.82, 2.24) is 10.2 Å². The number of hydrogen-bond acceptors (Lipinski definition) is 5. The summed E-state index contributed by atoms with van der Waals surface area (Å²) in [4.78, 5) is 36.8. The first-order chi connectivity index (χ1) is 11.8. The minimum absolute atomic E-state index is 0.00954. The molecule has 0 aliphatic heterocycles. The van der Waals surface area contributed by atoms with Gasteiger partial charge in [0.05, 0.1) is 25.2 Å². The van der Waals surface area contributed by atoms with Crippen molar-refractivity contribution in [2.75, 3.05) is 37.5 Å². The maximum Gasteiger partial charge on any atom is 0.239 e. The number of rotatable bonds is 9. The smallest absolute Gasteiger partial charge is 0.239 e. The van der Waals surface area contributed by atoms with Crippen LogP contribution in [0.4, 0.5) is 5.69 Å². The van der Waals surface area contributed by atoms with Crippen molar-refractivity contribution in [2.24, 2.45) is 0 Å². The van der Waals surface area contributed by atoms with E-state index in [0.717, 1.165) is 0 Å². The van der Waals surface area contributed by atoms with Gasteiger partial charge in [0.2, 0.25) is 17.7 Å². The summed E-state index contributed by atoms with van der Waals surface area (Å²) in [6.07, 6.45) is 0. The first-order valence-electron chi connectivity index (χ1n) is 7.86. The molecule has 3 amide bonds. The minimum Gasteiger partial charge on any atom is -0.497 e. The van der Waals surface area contributed by atoms with Crippen LogP contribution in [0.3, 0.4) is 0 Å². The van der Waals surface area contributed by atoms with Gasteiger partial charge in [-0.25, -0.2) is 0 Å². The number of anilines is 1. The lowest BCUT2D eigenvalue weighted by Gasteiger charge is -2.17. The topological polar surface area (TPSA) is 87.7 Å². The molecule has 1 aromatic carbocycles. The van der Waals surface area contributed by atoms with Gasteiger partial charge in [-0.1, -0.05) is 0 Å². The van der Waals surface area contributed by atoms with Gasteiger partial charge in [0.15, 0.2) is 0 Å². The molecule has 2 N–H and O–H groups in total. The third-order valence-electron chi connectivity index (χ3n) is 3.09. The number of likely N-dealkylation sites (N-methyl/N-ethyl adjacent to an activating group) is 1. The molecule has 8 heteroatoms. The third-order valence-corrected chi connectivity index (χ3v) is 4.01. The molecule has 0 heterocycles. The fourth-order valence-corrected chi connectivity index (χ4v) is 2.64. The minimum atomic E-state index is -0.201. The zero-order chi connectivity index (χ0) is 18.8. The summed E-state index contributed by atoms with van der Waals surface area (Å²) in [5, 5.41) is 5.47. The van der Waals surface area contributed by atoms with Crippen LogP contribution in [-0.4, -0.2) is 60.9 Å². The summed E-state index contributed by atoms with van der Waals surface area (Å²) in [6, 6.07) is 7.03. The van der Waals surface area contributed by atoms with Crippen LogP contribution in [0.1, 0.15) is 13.8 Å². The van der Waals surface area contributed by atoms with Crippen LogP contribution in [0.15, 0.2) is 24.3 Å². The maximum absolute atomic E-state index is 12.0. The van der Waals surface area contributed by atoms with Gasteiger partial charge < -0.3 is 20.3 Å². The Morgan fingerprint density at radius 2 is 1.76 bits per heavy atom. The summed E-state index contributed by atoms with van der Waals surface area (Å²) < 4.78 is 5.05. The molecular formula is C17H25N3O4S. The normalized spacial score (nSPS) is 10.3. The van der Waals surface area contributed by atoms with Gasteiger partial charge in [-0.05, 0) is 38.1 Å². The summed E-state index contributed by atoms with van der Waals surface area (Å²) in [6.45, 7) is 3.73. The molecule has 0 spiro atoms. The van der Waals surface area contributed by atoms with E-state index in [1.54, 1.807) is 38.4 Å². The number of thioether (sulfide) groups is 1. The quantitative estimate of drug-likeness (QED) is 0.688. The number of carbonyl (C=O) groups is 3. The molecule has 0 aromatic heterocycles. The second kappa shape index (κ2) is 10.6. The van der Waals surface area contributed by atoms with Crippen molar-refractivity contribution in [3.8, 4) is 5.75 Å². The maximum atomic E-state index is 12.0. The van der Waals surface area contributed by atoms with E-state index in [1.807, 2.05) is 13.8 Å². The zero-order valence-corrected chi connectivity index (χ0v) is 15.8. The van der Waals surface area contributed by atoms with Crippen LogP contribution in [0, 0.1) is 0 Å².